The van der Waals surface area contributed by atoms with Crippen molar-refractivity contribution in [2.24, 2.45) is 10.2 Å². The molecule has 2 aromatic rings. The summed E-state index contributed by atoms with van der Waals surface area (Å²) in [4.78, 5) is 12.2. The topological polar surface area (TPSA) is 112 Å². The molecule has 2 rings (SSSR count). The van der Waals surface area contributed by atoms with Crippen molar-refractivity contribution in [1.82, 2.24) is 0 Å². The number of aliphatic hydroxyl groups is 2. The van der Waals surface area contributed by atoms with Gasteiger partial charge in [0, 0.05) is 18.3 Å². The maximum atomic E-state index is 11.1. The third-order valence-corrected chi connectivity index (χ3v) is 3.54. The van der Waals surface area contributed by atoms with E-state index in [1.54, 1.807) is 24.0 Å². The summed E-state index contributed by atoms with van der Waals surface area (Å²) in [5, 5.41) is 38.6. The van der Waals surface area contributed by atoms with E-state index in [2.05, 4.69) is 10.2 Å². The predicted octanol–water partition coefficient (Wildman–Crippen LogP) is 2.88. The van der Waals surface area contributed by atoms with E-state index in [1.165, 1.54) is 12.1 Å². The van der Waals surface area contributed by atoms with Crippen LogP contribution in [0, 0.1) is 10.1 Å². The number of nitro benzene ring substituents is 1. The van der Waals surface area contributed by atoms with E-state index in [9.17, 15) is 20.3 Å². The van der Waals surface area contributed by atoms with Crippen molar-refractivity contribution < 1.29 is 15.1 Å². The zero-order chi connectivity index (χ0) is 18.2. The Kier molecular flexibility index (Phi) is 6.55. The van der Waals surface area contributed by atoms with Gasteiger partial charge in [-0.3, -0.25) is 10.1 Å². The number of hydrogen-bond donors (Lipinski definition) is 2. The molecule has 0 saturated heterocycles. The van der Waals surface area contributed by atoms with E-state index in [0.29, 0.717) is 0 Å². The fraction of sp³-hybridized carbons (Fsp3) is 0.294. The molecule has 0 fully saturated rings. The molecule has 0 aliphatic carbocycles. The molecule has 2 aromatic carbocycles. The largest absolute Gasteiger partial charge is 0.395 e. The SMILES string of the molecule is CC(O)C(N=Nc1ccccc1[N+](=O)[O-])N(CCO)c1ccccc1. The Morgan fingerprint density at radius 3 is 2.40 bits per heavy atom. The highest BCUT2D eigenvalue weighted by Gasteiger charge is 2.23. The summed E-state index contributed by atoms with van der Waals surface area (Å²) in [7, 11) is 0. The average Bonchev–Trinajstić information content (AvgIpc) is 2.61. The van der Waals surface area contributed by atoms with Crippen LogP contribution in [0.2, 0.25) is 0 Å². The molecule has 0 aliphatic rings. The molecule has 0 amide bonds. The van der Waals surface area contributed by atoms with Gasteiger partial charge in [0.1, 0.15) is 0 Å². The first-order valence-corrected chi connectivity index (χ1v) is 7.79. The quantitative estimate of drug-likeness (QED) is 0.434. The first-order valence-electron chi connectivity index (χ1n) is 7.79. The minimum Gasteiger partial charge on any atom is -0.395 e. The summed E-state index contributed by atoms with van der Waals surface area (Å²) in [6.07, 6.45) is -1.70. The molecule has 0 radical (unpaired) electrons. The van der Waals surface area contributed by atoms with Crippen LogP contribution in [0.15, 0.2) is 64.8 Å². The number of rotatable bonds is 8. The predicted molar refractivity (Wildman–Crippen MR) is 94.0 cm³/mol. The van der Waals surface area contributed by atoms with Gasteiger partial charge in [-0.05, 0) is 25.1 Å². The molecule has 25 heavy (non-hydrogen) atoms. The lowest BCUT2D eigenvalue weighted by Gasteiger charge is -2.31. The zero-order valence-corrected chi connectivity index (χ0v) is 13.8. The van der Waals surface area contributed by atoms with Gasteiger partial charge in [0.25, 0.3) is 5.69 Å². The Bertz CT molecular complexity index is 722. The third-order valence-electron chi connectivity index (χ3n) is 3.54. The minimum absolute atomic E-state index is 0.107. The summed E-state index contributed by atoms with van der Waals surface area (Å²) in [6, 6.07) is 15.2. The first kappa shape index (κ1) is 18.5. The molecule has 0 saturated carbocycles. The van der Waals surface area contributed by atoms with Crippen LogP contribution in [0.4, 0.5) is 17.1 Å². The van der Waals surface area contributed by atoms with Gasteiger partial charge in [0.2, 0.25) is 0 Å². The number of aliphatic hydroxyl groups excluding tert-OH is 2. The lowest BCUT2D eigenvalue weighted by Crippen LogP contribution is -2.42. The first-order chi connectivity index (χ1) is 12.0. The Hall–Kier alpha value is -2.84. The van der Waals surface area contributed by atoms with E-state index in [1.807, 2.05) is 30.3 Å². The summed E-state index contributed by atoms with van der Waals surface area (Å²) in [5.74, 6) is 0. The highest BCUT2D eigenvalue weighted by atomic mass is 16.6. The van der Waals surface area contributed by atoms with Crippen molar-refractivity contribution in [3.05, 3.63) is 64.7 Å². The van der Waals surface area contributed by atoms with Gasteiger partial charge in [0.15, 0.2) is 11.9 Å². The highest BCUT2D eigenvalue weighted by Crippen LogP contribution is 2.28. The number of benzene rings is 2. The molecule has 0 spiro atoms. The lowest BCUT2D eigenvalue weighted by atomic mass is 10.2. The number of anilines is 1. The Morgan fingerprint density at radius 2 is 1.80 bits per heavy atom. The smallest absolute Gasteiger partial charge is 0.296 e. The summed E-state index contributed by atoms with van der Waals surface area (Å²) >= 11 is 0. The molecule has 8 nitrogen and oxygen atoms in total. The van der Waals surface area contributed by atoms with E-state index < -0.39 is 17.2 Å². The van der Waals surface area contributed by atoms with Crippen LogP contribution < -0.4 is 4.90 Å². The van der Waals surface area contributed by atoms with Crippen LogP contribution in [-0.4, -0.2) is 40.6 Å². The minimum atomic E-state index is -0.904. The monoisotopic (exact) mass is 344 g/mol. The van der Waals surface area contributed by atoms with Gasteiger partial charge in [0.05, 0.1) is 17.6 Å². The maximum absolute atomic E-state index is 11.1. The maximum Gasteiger partial charge on any atom is 0.296 e. The number of para-hydroxylation sites is 2. The second-order valence-electron chi connectivity index (χ2n) is 5.37. The van der Waals surface area contributed by atoms with Crippen LogP contribution in [0.5, 0.6) is 0 Å². The van der Waals surface area contributed by atoms with Gasteiger partial charge in [-0.25, -0.2) is 0 Å². The number of hydrogen-bond acceptors (Lipinski definition) is 7. The average molecular weight is 344 g/mol. The van der Waals surface area contributed by atoms with Gasteiger partial charge in [-0.1, -0.05) is 30.3 Å². The van der Waals surface area contributed by atoms with Crippen molar-refractivity contribution >= 4 is 17.1 Å². The Morgan fingerprint density at radius 1 is 1.16 bits per heavy atom. The Labute approximate surface area is 145 Å². The van der Waals surface area contributed by atoms with Crippen molar-refractivity contribution in [3.8, 4) is 0 Å². The van der Waals surface area contributed by atoms with Crippen LogP contribution >= 0.6 is 0 Å². The van der Waals surface area contributed by atoms with Crippen LogP contribution in [-0.2, 0) is 0 Å². The normalized spacial score (nSPS) is 13.6. The molecular weight excluding hydrogens is 324 g/mol. The second-order valence-corrected chi connectivity index (χ2v) is 5.37. The van der Waals surface area contributed by atoms with Crippen molar-refractivity contribution in [2.45, 2.75) is 19.2 Å². The molecular formula is C17H20N4O4. The molecule has 2 atom stereocenters. The zero-order valence-electron chi connectivity index (χ0n) is 13.8. The van der Waals surface area contributed by atoms with Crippen molar-refractivity contribution in [1.29, 1.82) is 0 Å². The molecule has 0 bridgehead atoms. The van der Waals surface area contributed by atoms with E-state index in [4.69, 9.17) is 0 Å². The number of nitro groups is 1. The molecule has 0 aliphatic heterocycles. The fourth-order valence-electron chi connectivity index (χ4n) is 2.39. The Balaban J connectivity index is 2.35. The fourth-order valence-corrected chi connectivity index (χ4v) is 2.39. The van der Waals surface area contributed by atoms with Gasteiger partial charge < -0.3 is 15.1 Å². The molecule has 0 aromatic heterocycles. The molecule has 132 valence electrons. The highest BCUT2D eigenvalue weighted by molar-refractivity contribution is 5.56. The van der Waals surface area contributed by atoms with E-state index in [-0.39, 0.29) is 24.5 Å². The molecule has 2 unspecified atom stereocenters. The van der Waals surface area contributed by atoms with Gasteiger partial charge in [-0.15, -0.1) is 5.11 Å². The summed E-state index contributed by atoms with van der Waals surface area (Å²) < 4.78 is 0. The second kappa shape index (κ2) is 8.86. The molecule has 8 heteroatoms. The van der Waals surface area contributed by atoms with Crippen molar-refractivity contribution in [2.75, 3.05) is 18.1 Å². The van der Waals surface area contributed by atoms with Crippen LogP contribution in [0.1, 0.15) is 6.92 Å². The summed E-state index contributed by atoms with van der Waals surface area (Å²) in [6.45, 7) is 1.64. The lowest BCUT2D eigenvalue weighted by molar-refractivity contribution is -0.384. The van der Waals surface area contributed by atoms with Crippen LogP contribution in [0.25, 0.3) is 0 Å². The van der Waals surface area contributed by atoms with Gasteiger partial charge >= 0.3 is 0 Å². The molecule has 0 heterocycles. The van der Waals surface area contributed by atoms with E-state index in [0.717, 1.165) is 5.69 Å². The summed E-state index contributed by atoms with van der Waals surface area (Å²) in [5.41, 5.74) is 0.697. The third kappa shape index (κ3) is 4.82. The van der Waals surface area contributed by atoms with Crippen molar-refractivity contribution in [3.63, 3.8) is 0 Å². The number of azo groups is 1. The standard InChI is InChI=1S/C17H20N4O4/c1-13(23)17(20(11-12-22)14-7-3-2-4-8-14)19-18-15-9-5-6-10-16(15)21(24)25/h2-10,13,17,22-23H,11-12H2,1H3. The van der Waals surface area contributed by atoms with Crippen LogP contribution in [0.3, 0.4) is 0 Å². The van der Waals surface area contributed by atoms with Gasteiger partial charge in [-0.2, -0.15) is 5.11 Å². The van der Waals surface area contributed by atoms with E-state index >= 15 is 0 Å². The molecule has 2 N–H and O–H groups in total. The number of nitrogens with zero attached hydrogens (tertiary/aromatic N) is 4.